The highest BCUT2D eigenvalue weighted by atomic mass is 15.0. The van der Waals surface area contributed by atoms with Crippen molar-refractivity contribution in [3.8, 4) is 11.8 Å². The molecule has 0 aromatic carbocycles. The number of hydrogen-bond donors (Lipinski definition) is 1. The van der Waals surface area contributed by atoms with Crippen LogP contribution in [0.1, 0.15) is 46.0 Å². The molecule has 0 spiro atoms. The lowest BCUT2D eigenvalue weighted by Gasteiger charge is -2.13. The predicted octanol–water partition coefficient (Wildman–Crippen LogP) is 2.57. The monoisotopic (exact) mass is 231 g/mol. The summed E-state index contributed by atoms with van der Waals surface area (Å²) in [5, 5.41) is 3.36. The maximum absolute atomic E-state index is 4.27. The normalized spacial score (nSPS) is 12.7. The molecule has 0 aliphatic rings. The Morgan fingerprint density at radius 1 is 1.29 bits per heavy atom. The van der Waals surface area contributed by atoms with Crippen molar-refractivity contribution in [1.29, 1.82) is 0 Å². The lowest BCUT2D eigenvalue weighted by molar-refractivity contribution is 0.531. The fraction of sp³-hybridized carbons (Fsp3) is 0.571. The quantitative estimate of drug-likeness (QED) is 0.809. The molecule has 0 aliphatic carbocycles. The molecule has 1 unspecified atom stereocenters. The lowest BCUT2D eigenvalue weighted by atomic mass is 9.97. The zero-order chi connectivity index (χ0) is 12.7. The van der Waals surface area contributed by atoms with E-state index < -0.39 is 0 Å². The van der Waals surface area contributed by atoms with Gasteiger partial charge in [0.1, 0.15) is 5.82 Å². The summed E-state index contributed by atoms with van der Waals surface area (Å²) in [4.78, 5) is 8.54. The number of nitrogens with zero attached hydrogens (tertiary/aromatic N) is 2. The third-order valence-corrected chi connectivity index (χ3v) is 2.12. The first kappa shape index (κ1) is 13.7. The second kappa shape index (κ2) is 6.36. The molecule has 1 heterocycles. The van der Waals surface area contributed by atoms with Gasteiger partial charge in [-0.3, -0.25) is 0 Å². The van der Waals surface area contributed by atoms with E-state index in [9.17, 15) is 0 Å². The summed E-state index contributed by atoms with van der Waals surface area (Å²) in [6.07, 6.45) is 4.28. The minimum atomic E-state index is 0.0499. The van der Waals surface area contributed by atoms with Crippen molar-refractivity contribution in [3.63, 3.8) is 0 Å². The maximum Gasteiger partial charge on any atom is 0.146 e. The number of hydrogen-bond acceptors (Lipinski definition) is 3. The molecule has 1 atom stereocenters. The zero-order valence-corrected chi connectivity index (χ0v) is 11.1. The van der Waals surface area contributed by atoms with Crippen LogP contribution in [0.15, 0.2) is 18.5 Å². The van der Waals surface area contributed by atoms with Gasteiger partial charge in [0.05, 0.1) is 6.04 Å². The summed E-state index contributed by atoms with van der Waals surface area (Å²) in [7, 11) is 0. The Labute approximate surface area is 104 Å². The SMILES string of the molecule is CCNC(CC#CC(C)(C)C)c1ncccn1. The molecule has 0 fully saturated rings. The molecular formula is C14H21N3. The Hall–Kier alpha value is -1.40. The van der Waals surface area contributed by atoms with E-state index in [0.717, 1.165) is 18.8 Å². The molecule has 92 valence electrons. The Balaban J connectivity index is 2.70. The van der Waals surface area contributed by atoms with Crippen LogP contribution in [0.2, 0.25) is 0 Å². The van der Waals surface area contributed by atoms with E-state index in [1.54, 1.807) is 12.4 Å². The van der Waals surface area contributed by atoms with Gasteiger partial charge in [0, 0.05) is 24.2 Å². The summed E-state index contributed by atoms with van der Waals surface area (Å²) >= 11 is 0. The third-order valence-electron chi connectivity index (χ3n) is 2.12. The van der Waals surface area contributed by atoms with Crippen LogP contribution in [0, 0.1) is 17.3 Å². The summed E-state index contributed by atoms with van der Waals surface area (Å²) in [5.41, 5.74) is 0.0499. The molecule has 0 saturated heterocycles. The fourth-order valence-electron chi connectivity index (χ4n) is 1.41. The smallest absolute Gasteiger partial charge is 0.146 e. The molecule has 1 N–H and O–H groups in total. The van der Waals surface area contributed by atoms with Crippen molar-refractivity contribution in [3.05, 3.63) is 24.3 Å². The third kappa shape index (κ3) is 5.46. The van der Waals surface area contributed by atoms with Gasteiger partial charge >= 0.3 is 0 Å². The molecule has 0 radical (unpaired) electrons. The van der Waals surface area contributed by atoms with Crippen LogP contribution < -0.4 is 5.32 Å². The molecule has 0 aliphatic heterocycles. The van der Waals surface area contributed by atoms with Gasteiger partial charge < -0.3 is 5.32 Å². The van der Waals surface area contributed by atoms with Gasteiger partial charge in [-0.15, -0.1) is 5.92 Å². The van der Waals surface area contributed by atoms with Crippen molar-refractivity contribution in [1.82, 2.24) is 15.3 Å². The highest BCUT2D eigenvalue weighted by molar-refractivity contribution is 5.10. The van der Waals surface area contributed by atoms with Crippen LogP contribution in [-0.4, -0.2) is 16.5 Å². The molecule has 3 heteroatoms. The summed E-state index contributed by atoms with van der Waals surface area (Å²) in [6.45, 7) is 9.30. The van der Waals surface area contributed by atoms with Crippen LogP contribution in [-0.2, 0) is 0 Å². The van der Waals surface area contributed by atoms with Gasteiger partial charge in [-0.1, -0.05) is 12.8 Å². The standard InChI is InChI=1S/C14H21N3/c1-5-15-12(8-6-9-14(2,3)4)13-16-10-7-11-17-13/h7,10-12,15H,5,8H2,1-4H3. The van der Waals surface area contributed by atoms with Gasteiger partial charge in [-0.2, -0.15) is 0 Å². The Bertz CT molecular complexity index is 381. The van der Waals surface area contributed by atoms with Crippen LogP contribution in [0.5, 0.6) is 0 Å². The zero-order valence-electron chi connectivity index (χ0n) is 11.1. The molecule has 1 rings (SSSR count). The van der Waals surface area contributed by atoms with E-state index in [0.29, 0.717) is 0 Å². The van der Waals surface area contributed by atoms with Gasteiger partial charge in [0.25, 0.3) is 0 Å². The Morgan fingerprint density at radius 2 is 1.94 bits per heavy atom. The van der Waals surface area contributed by atoms with Crippen molar-refractivity contribution in [2.45, 2.75) is 40.2 Å². The highest BCUT2D eigenvalue weighted by Gasteiger charge is 2.11. The molecule has 3 nitrogen and oxygen atoms in total. The number of rotatable bonds is 4. The molecule has 1 aromatic rings. The van der Waals surface area contributed by atoms with Crippen molar-refractivity contribution in [2.75, 3.05) is 6.54 Å². The van der Waals surface area contributed by atoms with E-state index in [-0.39, 0.29) is 11.5 Å². The van der Waals surface area contributed by atoms with Crippen molar-refractivity contribution < 1.29 is 0 Å². The van der Waals surface area contributed by atoms with E-state index >= 15 is 0 Å². The Morgan fingerprint density at radius 3 is 2.47 bits per heavy atom. The first-order valence-corrected chi connectivity index (χ1v) is 6.03. The second-order valence-corrected chi connectivity index (χ2v) is 4.97. The molecule has 0 bridgehead atoms. The fourth-order valence-corrected chi connectivity index (χ4v) is 1.41. The van der Waals surface area contributed by atoms with Gasteiger partial charge in [0.2, 0.25) is 0 Å². The molecular weight excluding hydrogens is 210 g/mol. The van der Waals surface area contributed by atoms with Crippen molar-refractivity contribution >= 4 is 0 Å². The first-order valence-electron chi connectivity index (χ1n) is 6.03. The topological polar surface area (TPSA) is 37.8 Å². The highest BCUT2D eigenvalue weighted by Crippen LogP contribution is 2.13. The minimum absolute atomic E-state index is 0.0499. The van der Waals surface area contributed by atoms with Gasteiger partial charge in [0.15, 0.2) is 0 Å². The number of nitrogens with one attached hydrogen (secondary N) is 1. The van der Waals surface area contributed by atoms with Crippen molar-refractivity contribution in [2.24, 2.45) is 5.41 Å². The average molecular weight is 231 g/mol. The minimum Gasteiger partial charge on any atom is -0.307 e. The first-order chi connectivity index (χ1) is 8.03. The average Bonchev–Trinajstić information content (AvgIpc) is 2.27. The molecule has 1 aromatic heterocycles. The number of aromatic nitrogens is 2. The maximum atomic E-state index is 4.27. The summed E-state index contributed by atoms with van der Waals surface area (Å²) in [5.74, 6) is 7.27. The lowest BCUT2D eigenvalue weighted by Crippen LogP contribution is -2.22. The van der Waals surface area contributed by atoms with Crippen LogP contribution in [0.4, 0.5) is 0 Å². The predicted molar refractivity (Wildman–Crippen MR) is 70.3 cm³/mol. The van der Waals surface area contributed by atoms with E-state index in [1.807, 2.05) is 6.07 Å². The van der Waals surface area contributed by atoms with Crippen LogP contribution >= 0.6 is 0 Å². The summed E-state index contributed by atoms with van der Waals surface area (Å²) in [6, 6.07) is 1.95. The molecule has 17 heavy (non-hydrogen) atoms. The summed E-state index contributed by atoms with van der Waals surface area (Å²) < 4.78 is 0. The van der Waals surface area contributed by atoms with Gasteiger partial charge in [-0.05, 0) is 33.4 Å². The van der Waals surface area contributed by atoms with Crippen LogP contribution in [0.3, 0.4) is 0 Å². The molecule has 0 amide bonds. The van der Waals surface area contributed by atoms with Crippen LogP contribution in [0.25, 0.3) is 0 Å². The van der Waals surface area contributed by atoms with E-state index in [2.05, 4.69) is 54.8 Å². The van der Waals surface area contributed by atoms with E-state index in [4.69, 9.17) is 0 Å². The van der Waals surface area contributed by atoms with E-state index in [1.165, 1.54) is 0 Å². The second-order valence-electron chi connectivity index (χ2n) is 4.97. The Kier molecular flexibility index (Phi) is 5.11. The molecule has 0 saturated carbocycles. The van der Waals surface area contributed by atoms with Gasteiger partial charge in [-0.25, -0.2) is 9.97 Å². The largest absolute Gasteiger partial charge is 0.307 e.